The molecular weight excluding hydrogens is 406 g/mol. The van der Waals surface area contributed by atoms with E-state index in [-0.39, 0.29) is 11.8 Å². The number of hydrogen-bond donors (Lipinski definition) is 1. The number of carbonyl (C=O) groups is 1. The molecule has 2 aliphatic rings. The lowest BCUT2D eigenvalue weighted by Gasteiger charge is -2.30. The van der Waals surface area contributed by atoms with Crippen molar-refractivity contribution >= 4 is 28.7 Å². The van der Waals surface area contributed by atoms with Crippen LogP contribution in [0.2, 0.25) is 0 Å². The molecule has 0 spiro atoms. The Hall–Kier alpha value is -3.75. The Morgan fingerprint density at radius 2 is 1.88 bits per heavy atom. The maximum atomic E-state index is 12.9. The van der Waals surface area contributed by atoms with Crippen LogP contribution in [0, 0.1) is 5.92 Å². The second-order valence-corrected chi connectivity index (χ2v) is 8.47. The zero-order valence-corrected chi connectivity index (χ0v) is 17.5. The maximum absolute atomic E-state index is 12.9. The standard InChI is InChI=1S/C23H23N7O2/c31-22(15-10-12-29(13-11-15)23-25-19-6-1-2-7-20(19)32-23)24-17-5-3-4-16(14-17)21-26-27-28-30(21)18-8-9-18/h1-7,14-15,18H,8-13H2,(H,24,31). The van der Waals surface area contributed by atoms with Crippen molar-refractivity contribution in [1.29, 1.82) is 0 Å². The lowest BCUT2D eigenvalue weighted by molar-refractivity contribution is -0.120. The Labute approximate surface area is 184 Å². The van der Waals surface area contributed by atoms with Gasteiger partial charge in [-0.2, -0.15) is 4.98 Å². The first kappa shape index (κ1) is 19.0. The van der Waals surface area contributed by atoms with Crippen molar-refractivity contribution in [2.45, 2.75) is 31.7 Å². The fourth-order valence-electron chi connectivity index (χ4n) is 4.26. The van der Waals surface area contributed by atoms with Gasteiger partial charge in [-0.05, 0) is 60.4 Å². The SMILES string of the molecule is O=C(Nc1cccc(-c2nnnn2C2CC2)c1)C1CCN(c2nc3ccccc3o2)CC1. The van der Waals surface area contributed by atoms with Gasteiger partial charge < -0.3 is 14.6 Å². The van der Waals surface area contributed by atoms with Crippen molar-refractivity contribution < 1.29 is 9.21 Å². The van der Waals surface area contributed by atoms with Gasteiger partial charge in [0.15, 0.2) is 11.4 Å². The number of para-hydroxylation sites is 2. The summed E-state index contributed by atoms with van der Waals surface area (Å²) < 4.78 is 7.75. The molecule has 3 heterocycles. The Morgan fingerprint density at radius 3 is 2.69 bits per heavy atom. The Balaban J connectivity index is 1.10. The van der Waals surface area contributed by atoms with Crippen LogP contribution in [0.1, 0.15) is 31.7 Å². The number of oxazole rings is 1. The van der Waals surface area contributed by atoms with Gasteiger partial charge in [-0.3, -0.25) is 4.79 Å². The molecular formula is C23H23N7O2. The molecule has 6 rings (SSSR count). The molecule has 9 nitrogen and oxygen atoms in total. The second-order valence-electron chi connectivity index (χ2n) is 8.47. The molecule has 1 aliphatic carbocycles. The Kier molecular flexibility index (Phi) is 4.59. The number of rotatable bonds is 5. The van der Waals surface area contributed by atoms with E-state index in [0.717, 1.165) is 66.9 Å². The van der Waals surface area contributed by atoms with E-state index in [1.165, 1.54) is 0 Å². The van der Waals surface area contributed by atoms with Gasteiger partial charge in [0.25, 0.3) is 6.01 Å². The zero-order valence-electron chi connectivity index (χ0n) is 17.5. The summed E-state index contributed by atoms with van der Waals surface area (Å²) in [6, 6.07) is 16.5. The summed E-state index contributed by atoms with van der Waals surface area (Å²) in [4.78, 5) is 19.6. The van der Waals surface area contributed by atoms with Crippen LogP contribution in [0.15, 0.2) is 52.9 Å². The highest BCUT2D eigenvalue weighted by molar-refractivity contribution is 5.93. The molecule has 1 aliphatic heterocycles. The minimum Gasteiger partial charge on any atom is -0.423 e. The van der Waals surface area contributed by atoms with E-state index in [9.17, 15) is 4.79 Å². The number of nitrogens with one attached hydrogen (secondary N) is 1. The molecule has 2 fully saturated rings. The van der Waals surface area contributed by atoms with Crippen LogP contribution in [0.3, 0.4) is 0 Å². The van der Waals surface area contributed by atoms with Gasteiger partial charge in [0.05, 0.1) is 6.04 Å². The minimum atomic E-state index is -0.0453. The molecule has 2 aromatic carbocycles. The number of hydrogen-bond acceptors (Lipinski definition) is 7. The molecule has 32 heavy (non-hydrogen) atoms. The van der Waals surface area contributed by atoms with Crippen molar-refractivity contribution in [3.05, 3.63) is 48.5 Å². The number of piperidine rings is 1. The van der Waals surface area contributed by atoms with Crippen molar-refractivity contribution in [1.82, 2.24) is 25.2 Å². The highest BCUT2D eigenvalue weighted by Gasteiger charge is 2.29. The Bertz CT molecular complexity index is 1240. The number of fused-ring (bicyclic) bond motifs is 1. The minimum absolute atomic E-state index is 0.0427. The van der Waals surface area contributed by atoms with E-state index in [1.807, 2.05) is 53.2 Å². The van der Waals surface area contributed by atoms with E-state index in [0.29, 0.717) is 12.1 Å². The fraction of sp³-hybridized carbons (Fsp3) is 0.348. The highest BCUT2D eigenvalue weighted by atomic mass is 16.4. The topological polar surface area (TPSA) is 102 Å². The smallest absolute Gasteiger partial charge is 0.298 e. The predicted molar refractivity (Wildman–Crippen MR) is 119 cm³/mol. The molecule has 0 atom stereocenters. The van der Waals surface area contributed by atoms with Crippen LogP contribution < -0.4 is 10.2 Å². The van der Waals surface area contributed by atoms with Crippen molar-refractivity contribution in [2.24, 2.45) is 5.92 Å². The monoisotopic (exact) mass is 429 g/mol. The number of carbonyl (C=O) groups excluding carboxylic acids is 1. The van der Waals surface area contributed by atoms with Crippen LogP contribution in [0.25, 0.3) is 22.5 Å². The summed E-state index contributed by atoms with van der Waals surface area (Å²) in [6.07, 6.45) is 3.72. The van der Waals surface area contributed by atoms with Crippen LogP contribution in [-0.4, -0.2) is 44.2 Å². The number of tetrazole rings is 1. The van der Waals surface area contributed by atoms with Crippen molar-refractivity contribution in [3.63, 3.8) is 0 Å². The number of aromatic nitrogens is 5. The third-order valence-corrected chi connectivity index (χ3v) is 6.19. The van der Waals surface area contributed by atoms with Crippen LogP contribution in [0.5, 0.6) is 0 Å². The molecule has 0 unspecified atom stereocenters. The summed E-state index contributed by atoms with van der Waals surface area (Å²) >= 11 is 0. The molecule has 1 N–H and O–H groups in total. The van der Waals surface area contributed by atoms with E-state index in [4.69, 9.17) is 4.42 Å². The number of amides is 1. The van der Waals surface area contributed by atoms with Gasteiger partial charge in [0.1, 0.15) is 5.52 Å². The number of nitrogens with zero attached hydrogens (tertiary/aromatic N) is 6. The molecule has 0 radical (unpaired) electrons. The predicted octanol–water partition coefficient (Wildman–Crippen LogP) is 3.67. The molecule has 0 bridgehead atoms. The molecule has 1 saturated carbocycles. The van der Waals surface area contributed by atoms with Gasteiger partial charge in [-0.1, -0.05) is 24.3 Å². The fourth-order valence-corrected chi connectivity index (χ4v) is 4.26. The molecule has 4 aromatic rings. The summed E-state index contributed by atoms with van der Waals surface area (Å²) in [7, 11) is 0. The Morgan fingerprint density at radius 1 is 1.03 bits per heavy atom. The molecule has 2 aromatic heterocycles. The van der Waals surface area contributed by atoms with Crippen LogP contribution in [0.4, 0.5) is 11.7 Å². The van der Waals surface area contributed by atoms with E-state index in [1.54, 1.807) is 0 Å². The third-order valence-electron chi connectivity index (χ3n) is 6.19. The number of benzene rings is 2. The van der Waals surface area contributed by atoms with Gasteiger partial charge >= 0.3 is 0 Å². The molecule has 162 valence electrons. The van der Waals surface area contributed by atoms with E-state index in [2.05, 4.69) is 30.7 Å². The van der Waals surface area contributed by atoms with Gasteiger partial charge in [-0.15, -0.1) is 5.10 Å². The molecule has 1 saturated heterocycles. The van der Waals surface area contributed by atoms with Crippen molar-refractivity contribution in [3.8, 4) is 11.4 Å². The zero-order chi connectivity index (χ0) is 21.5. The highest BCUT2D eigenvalue weighted by Crippen LogP contribution is 2.37. The lowest BCUT2D eigenvalue weighted by atomic mass is 9.96. The maximum Gasteiger partial charge on any atom is 0.298 e. The van der Waals surface area contributed by atoms with E-state index < -0.39 is 0 Å². The van der Waals surface area contributed by atoms with Crippen molar-refractivity contribution in [2.75, 3.05) is 23.3 Å². The quantitative estimate of drug-likeness (QED) is 0.516. The largest absolute Gasteiger partial charge is 0.423 e. The summed E-state index contributed by atoms with van der Waals surface area (Å²) in [5.41, 5.74) is 3.31. The average Bonchev–Trinajstić information content (AvgIpc) is 3.39. The first-order valence-electron chi connectivity index (χ1n) is 11.0. The molecule has 9 heteroatoms. The first-order chi connectivity index (χ1) is 15.7. The third kappa shape index (κ3) is 3.59. The van der Waals surface area contributed by atoms with Gasteiger partial charge in [0, 0.05) is 30.3 Å². The lowest BCUT2D eigenvalue weighted by Crippen LogP contribution is -2.38. The summed E-state index contributed by atoms with van der Waals surface area (Å²) in [5, 5.41) is 15.2. The number of anilines is 2. The van der Waals surface area contributed by atoms with Gasteiger partial charge in [0.2, 0.25) is 5.91 Å². The average molecular weight is 429 g/mol. The normalized spacial score (nSPS) is 17.1. The van der Waals surface area contributed by atoms with Crippen LogP contribution in [-0.2, 0) is 4.79 Å². The first-order valence-corrected chi connectivity index (χ1v) is 11.0. The second kappa shape index (κ2) is 7.74. The van der Waals surface area contributed by atoms with Gasteiger partial charge in [-0.25, -0.2) is 4.68 Å². The molecule has 1 amide bonds. The van der Waals surface area contributed by atoms with Crippen LogP contribution >= 0.6 is 0 Å². The van der Waals surface area contributed by atoms with E-state index >= 15 is 0 Å². The summed E-state index contributed by atoms with van der Waals surface area (Å²) in [5.74, 6) is 0.743. The summed E-state index contributed by atoms with van der Waals surface area (Å²) in [6.45, 7) is 1.47.